The number of halogens is 1. The molecule has 3 aromatic carbocycles. The van der Waals surface area contributed by atoms with Crippen LogP contribution in [-0.2, 0) is 13.2 Å². The van der Waals surface area contributed by atoms with Gasteiger partial charge < -0.3 is 4.74 Å². The third kappa shape index (κ3) is 4.33. The summed E-state index contributed by atoms with van der Waals surface area (Å²) in [4.78, 5) is 30.8. The van der Waals surface area contributed by atoms with Gasteiger partial charge in [-0.05, 0) is 43.3 Å². The highest BCUT2D eigenvalue weighted by molar-refractivity contribution is 7.21. The fraction of sp³-hybridized carbons (Fsp3) is 0.115. The summed E-state index contributed by atoms with van der Waals surface area (Å²) in [6.45, 7) is 2.19. The fourth-order valence-electron chi connectivity index (χ4n) is 3.89. The largest absolute Gasteiger partial charge is 0.489 e. The summed E-state index contributed by atoms with van der Waals surface area (Å²) in [7, 11) is 0. The maximum atomic E-state index is 14.7. The van der Waals surface area contributed by atoms with Crippen LogP contribution in [-0.4, -0.2) is 15.5 Å². The zero-order valence-corrected chi connectivity index (χ0v) is 19.6. The Labute approximate surface area is 203 Å². The average Bonchev–Trinajstić information content (AvgIpc) is 3.27. The van der Waals surface area contributed by atoms with Crippen molar-refractivity contribution in [1.82, 2.24) is 15.0 Å². The molecular weight excluding hydrogens is 467 g/mol. The lowest BCUT2D eigenvalue weighted by molar-refractivity contribution is 0.0964. The summed E-state index contributed by atoms with van der Waals surface area (Å²) in [6.07, 6.45) is 0. The number of para-hydroxylation sites is 2. The van der Waals surface area contributed by atoms with Crippen LogP contribution in [0.15, 0.2) is 77.6 Å². The van der Waals surface area contributed by atoms with Crippen LogP contribution in [0.3, 0.4) is 0 Å². The van der Waals surface area contributed by atoms with Crippen LogP contribution >= 0.6 is 11.3 Å². The van der Waals surface area contributed by atoms with Gasteiger partial charge in [0.2, 0.25) is 5.95 Å². The quantitative estimate of drug-likeness (QED) is 0.311. The molecule has 2 heterocycles. The van der Waals surface area contributed by atoms with Crippen LogP contribution in [0.2, 0.25) is 0 Å². The molecule has 0 aliphatic rings. The molecule has 7 nitrogen and oxygen atoms in total. The molecule has 1 amide bonds. The van der Waals surface area contributed by atoms with Gasteiger partial charge in [0, 0.05) is 22.2 Å². The Balaban J connectivity index is 1.46. The van der Waals surface area contributed by atoms with Gasteiger partial charge in [-0.25, -0.2) is 9.37 Å². The van der Waals surface area contributed by atoms with Crippen LogP contribution in [0.25, 0.3) is 21.0 Å². The van der Waals surface area contributed by atoms with Crippen molar-refractivity contribution < 1.29 is 13.9 Å². The molecule has 176 valence electrons. The number of thiophene rings is 1. The normalized spacial score (nSPS) is 11.0. The second-order valence-electron chi connectivity index (χ2n) is 7.71. The minimum atomic E-state index is -0.484. The van der Waals surface area contributed by atoms with E-state index < -0.39 is 11.7 Å². The Morgan fingerprint density at radius 3 is 2.63 bits per heavy atom. The molecule has 0 atom stereocenters. The minimum absolute atomic E-state index is 0.0155. The van der Waals surface area contributed by atoms with Crippen molar-refractivity contribution in [2.45, 2.75) is 20.1 Å². The molecule has 0 saturated heterocycles. The first kappa shape index (κ1) is 22.5. The van der Waals surface area contributed by atoms with E-state index in [1.165, 1.54) is 22.0 Å². The molecule has 0 aliphatic heterocycles. The fourth-order valence-corrected chi connectivity index (χ4v) is 5.00. The summed E-state index contributed by atoms with van der Waals surface area (Å²) in [6, 6.07) is 20.9. The van der Waals surface area contributed by atoms with Crippen LogP contribution in [0, 0.1) is 5.82 Å². The third-order valence-corrected chi connectivity index (χ3v) is 6.76. The molecule has 35 heavy (non-hydrogen) atoms. The average molecular weight is 489 g/mol. The lowest BCUT2D eigenvalue weighted by Gasteiger charge is -2.14. The predicted octanol–water partition coefficient (Wildman–Crippen LogP) is 5.11. The molecule has 0 fully saturated rings. The van der Waals surface area contributed by atoms with Gasteiger partial charge in [0.15, 0.2) is 0 Å². The Morgan fingerprint density at radius 2 is 1.83 bits per heavy atom. The number of amides is 1. The van der Waals surface area contributed by atoms with Crippen molar-refractivity contribution in [3.8, 4) is 5.75 Å². The molecule has 9 heteroatoms. The Morgan fingerprint density at radius 1 is 1.06 bits per heavy atom. The number of rotatable bonds is 7. The molecule has 2 aromatic heterocycles. The van der Waals surface area contributed by atoms with E-state index in [-0.39, 0.29) is 18.1 Å². The zero-order valence-electron chi connectivity index (χ0n) is 18.7. The van der Waals surface area contributed by atoms with Gasteiger partial charge >= 0.3 is 0 Å². The van der Waals surface area contributed by atoms with Crippen molar-refractivity contribution in [2.75, 3.05) is 5.43 Å². The van der Waals surface area contributed by atoms with Crippen molar-refractivity contribution >= 4 is 44.2 Å². The number of carbonyl (C=O) groups excluding carboxylic acids is 1. The van der Waals surface area contributed by atoms with E-state index in [4.69, 9.17) is 4.74 Å². The second kappa shape index (κ2) is 9.55. The number of hydrogen-bond acceptors (Lipinski definition) is 6. The van der Waals surface area contributed by atoms with Crippen LogP contribution in [0.4, 0.5) is 10.3 Å². The van der Waals surface area contributed by atoms with Gasteiger partial charge in [0.1, 0.15) is 23.1 Å². The number of fused-ring (bicyclic) bond motifs is 2. The number of ether oxygens (including phenoxy) is 1. The number of carbonyl (C=O) groups is 1. The second-order valence-corrected chi connectivity index (χ2v) is 8.76. The molecule has 5 rings (SSSR count). The first-order valence-corrected chi connectivity index (χ1v) is 11.8. The van der Waals surface area contributed by atoms with E-state index in [0.717, 1.165) is 0 Å². The predicted molar refractivity (Wildman–Crippen MR) is 135 cm³/mol. The summed E-state index contributed by atoms with van der Waals surface area (Å²) >= 11 is 1.17. The van der Waals surface area contributed by atoms with Crippen molar-refractivity contribution in [3.05, 3.63) is 99.4 Å². The Kier molecular flexibility index (Phi) is 6.15. The Hall–Kier alpha value is -4.24. The third-order valence-electron chi connectivity index (χ3n) is 5.56. The summed E-state index contributed by atoms with van der Waals surface area (Å²) in [5, 5.41) is 0.847. The van der Waals surface area contributed by atoms with Crippen LogP contribution < -0.4 is 21.1 Å². The van der Waals surface area contributed by atoms with Gasteiger partial charge in [0.05, 0.1) is 10.9 Å². The molecular formula is C26H21FN4O3S. The van der Waals surface area contributed by atoms with Crippen molar-refractivity contribution in [2.24, 2.45) is 0 Å². The number of hydrogen-bond donors (Lipinski definition) is 2. The van der Waals surface area contributed by atoms with Crippen molar-refractivity contribution in [3.63, 3.8) is 0 Å². The van der Waals surface area contributed by atoms with Crippen LogP contribution in [0.5, 0.6) is 5.75 Å². The smallest absolute Gasteiger partial charge is 0.280 e. The van der Waals surface area contributed by atoms with E-state index in [1.807, 2.05) is 25.1 Å². The molecule has 2 N–H and O–H groups in total. The highest BCUT2D eigenvalue weighted by atomic mass is 32.1. The lowest BCUT2D eigenvalue weighted by atomic mass is 10.1. The first-order chi connectivity index (χ1) is 17.1. The zero-order chi connectivity index (χ0) is 24.4. The van der Waals surface area contributed by atoms with E-state index >= 15 is 0 Å². The first-order valence-electron chi connectivity index (χ1n) is 11.0. The number of anilines is 1. The molecule has 5 aromatic rings. The van der Waals surface area contributed by atoms with Gasteiger partial charge in [0.25, 0.3) is 11.5 Å². The Bertz CT molecular complexity index is 1600. The SMILES string of the molecule is CCn1c(NNC(=O)c2sc3cccc(F)c3c2COc2ccccc2)nc2ccccc2c1=O. The standard InChI is InChI=1S/C26H21FN4O3S/c1-2-31-25(33)17-11-6-7-13-20(17)28-26(31)30-29-24(32)23-18(15-34-16-9-4-3-5-10-16)22-19(27)12-8-14-21(22)35-23/h3-14H,2,15H2,1H3,(H,28,30)(H,29,32). The van der Waals surface area contributed by atoms with Gasteiger partial charge in [-0.1, -0.05) is 36.4 Å². The van der Waals surface area contributed by atoms with E-state index in [9.17, 15) is 14.0 Å². The van der Waals surface area contributed by atoms with Gasteiger partial charge in [-0.15, -0.1) is 11.3 Å². The summed E-state index contributed by atoms with van der Waals surface area (Å²) in [5.41, 5.74) is 6.15. The summed E-state index contributed by atoms with van der Waals surface area (Å²) < 4.78 is 22.7. The van der Waals surface area contributed by atoms with E-state index in [1.54, 1.807) is 48.5 Å². The van der Waals surface area contributed by atoms with Crippen molar-refractivity contribution in [1.29, 1.82) is 0 Å². The highest BCUT2D eigenvalue weighted by Crippen LogP contribution is 2.34. The number of nitrogens with one attached hydrogen (secondary N) is 2. The van der Waals surface area contributed by atoms with Gasteiger partial charge in [-0.3, -0.25) is 25.0 Å². The molecule has 0 saturated carbocycles. The number of hydrazine groups is 1. The summed E-state index contributed by atoms with van der Waals surface area (Å²) in [5.74, 6) is -0.0883. The lowest BCUT2D eigenvalue weighted by Crippen LogP contribution is -2.34. The van der Waals surface area contributed by atoms with Gasteiger partial charge in [-0.2, -0.15) is 0 Å². The molecule has 0 radical (unpaired) electrons. The topological polar surface area (TPSA) is 85.2 Å². The monoisotopic (exact) mass is 488 g/mol. The number of aromatic nitrogens is 2. The maximum absolute atomic E-state index is 14.7. The van der Waals surface area contributed by atoms with E-state index in [2.05, 4.69) is 15.8 Å². The molecule has 0 bridgehead atoms. The molecule has 0 unspecified atom stereocenters. The highest BCUT2D eigenvalue weighted by Gasteiger charge is 2.22. The number of benzene rings is 3. The van der Waals surface area contributed by atoms with E-state index in [0.29, 0.717) is 43.7 Å². The molecule has 0 aliphatic carbocycles. The maximum Gasteiger partial charge on any atom is 0.280 e. The molecule has 0 spiro atoms. The minimum Gasteiger partial charge on any atom is -0.489 e. The van der Waals surface area contributed by atoms with Crippen LogP contribution in [0.1, 0.15) is 22.2 Å². The number of nitrogens with zero attached hydrogens (tertiary/aromatic N) is 2.